The van der Waals surface area contributed by atoms with Gasteiger partial charge in [-0.2, -0.15) is 18.2 Å². The lowest BCUT2D eigenvalue weighted by Gasteiger charge is -2.16. The van der Waals surface area contributed by atoms with E-state index >= 15 is 0 Å². The maximum Gasteiger partial charge on any atom is 0.416 e. The van der Waals surface area contributed by atoms with Crippen molar-refractivity contribution >= 4 is 5.95 Å². The summed E-state index contributed by atoms with van der Waals surface area (Å²) in [6.45, 7) is 0. The molecule has 1 heterocycles. The third kappa shape index (κ3) is 2.74. The number of halogens is 3. The molecule has 0 amide bonds. The highest BCUT2D eigenvalue weighted by molar-refractivity contribution is 5.37. The lowest BCUT2D eigenvalue weighted by Crippen LogP contribution is -2.42. The second-order valence-electron chi connectivity index (χ2n) is 4.81. The van der Waals surface area contributed by atoms with Gasteiger partial charge in [0.2, 0.25) is 5.95 Å². The molecule has 0 aliphatic rings. The Morgan fingerprint density at radius 2 is 1.82 bits per heavy atom. The topological polar surface area (TPSA) is 60.1 Å². The maximum atomic E-state index is 12.7. The smallest absolute Gasteiger partial charge is 0.348 e. The number of nitrogens with zero attached hydrogens (tertiary/aromatic N) is 4. The molecule has 2 aromatic rings. The average Bonchev–Trinajstić information content (AvgIpc) is 2.42. The van der Waals surface area contributed by atoms with Crippen molar-refractivity contribution in [3.05, 3.63) is 50.8 Å². The van der Waals surface area contributed by atoms with E-state index in [-0.39, 0.29) is 11.6 Å². The van der Waals surface area contributed by atoms with Crippen LogP contribution in [0.2, 0.25) is 0 Å². The van der Waals surface area contributed by atoms with Crippen LogP contribution in [0.3, 0.4) is 0 Å². The van der Waals surface area contributed by atoms with Gasteiger partial charge >= 0.3 is 17.6 Å². The van der Waals surface area contributed by atoms with Crippen LogP contribution >= 0.6 is 0 Å². The van der Waals surface area contributed by atoms with Crippen LogP contribution in [0.1, 0.15) is 5.56 Å². The molecule has 0 aliphatic heterocycles. The first-order valence-corrected chi connectivity index (χ1v) is 6.18. The SMILES string of the molecule is CN(C)c1nc(=O)n(-c2cccc(C(F)(F)F)c2)c(=O)n1C. The van der Waals surface area contributed by atoms with Crippen LogP contribution in [0.15, 0.2) is 33.9 Å². The van der Waals surface area contributed by atoms with Gasteiger partial charge in [0.1, 0.15) is 0 Å². The number of benzene rings is 1. The normalized spacial score (nSPS) is 11.5. The van der Waals surface area contributed by atoms with Gasteiger partial charge in [0.05, 0.1) is 11.3 Å². The van der Waals surface area contributed by atoms with Crippen molar-refractivity contribution in [2.24, 2.45) is 7.05 Å². The third-order valence-corrected chi connectivity index (χ3v) is 3.00. The number of hydrogen-bond acceptors (Lipinski definition) is 4. The number of alkyl halides is 3. The second kappa shape index (κ2) is 5.32. The Balaban J connectivity index is 2.72. The molecule has 0 bridgehead atoms. The van der Waals surface area contributed by atoms with Crippen LogP contribution in [0.4, 0.5) is 19.1 Å². The summed E-state index contributed by atoms with van der Waals surface area (Å²) in [5.74, 6) is 0.109. The quantitative estimate of drug-likeness (QED) is 0.830. The van der Waals surface area contributed by atoms with E-state index in [9.17, 15) is 22.8 Å². The molecule has 0 atom stereocenters. The Bertz CT molecular complexity index is 821. The minimum atomic E-state index is -4.57. The monoisotopic (exact) mass is 314 g/mol. The Morgan fingerprint density at radius 3 is 2.36 bits per heavy atom. The van der Waals surface area contributed by atoms with Crippen molar-refractivity contribution in [2.45, 2.75) is 6.18 Å². The van der Waals surface area contributed by atoms with Crippen molar-refractivity contribution in [3.8, 4) is 5.69 Å². The van der Waals surface area contributed by atoms with Gasteiger partial charge < -0.3 is 4.90 Å². The van der Waals surface area contributed by atoms with Gasteiger partial charge in [-0.05, 0) is 18.2 Å². The molecular weight excluding hydrogens is 301 g/mol. The van der Waals surface area contributed by atoms with Gasteiger partial charge in [-0.1, -0.05) is 6.07 Å². The number of rotatable bonds is 2. The lowest BCUT2D eigenvalue weighted by atomic mass is 10.2. The van der Waals surface area contributed by atoms with Crippen molar-refractivity contribution < 1.29 is 13.2 Å². The number of hydrogen-bond donors (Lipinski definition) is 0. The highest BCUT2D eigenvalue weighted by Crippen LogP contribution is 2.29. The molecule has 1 aromatic carbocycles. The fourth-order valence-electron chi connectivity index (χ4n) is 1.97. The fraction of sp³-hybridized carbons (Fsp3) is 0.308. The molecular formula is C13H13F3N4O2. The Kier molecular flexibility index (Phi) is 3.82. The van der Waals surface area contributed by atoms with E-state index in [0.29, 0.717) is 4.57 Å². The van der Waals surface area contributed by atoms with Crippen molar-refractivity contribution in [2.75, 3.05) is 19.0 Å². The number of anilines is 1. The average molecular weight is 314 g/mol. The zero-order valence-corrected chi connectivity index (χ0v) is 12.0. The summed E-state index contributed by atoms with van der Waals surface area (Å²) in [5, 5.41) is 0. The van der Waals surface area contributed by atoms with Gasteiger partial charge in [-0.25, -0.2) is 14.2 Å². The maximum absolute atomic E-state index is 12.7. The van der Waals surface area contributed by atoms with Gasteiger partial charge in [0, 0.05) is 21.1 Å². The molecule has 0 saturated carbocycles. The van der Waals surface area contributed by atoms with Gasteiger partial charge in [0.25, 0.3) is 0 Å². The molecule has 22 heavy (non-hydrogen) atoms. The molecule has 9 heteroatoms. The number of aromatic nitrogens is 3. The van der Waals surface area contributed by atoms with Crippen molar-refractivity contribution in [1.29, 1.82) is 0 Å². The predicted molar refractivity (Wildman–Crippen MR) is 74.4 cm³/mol. The van der Waals surface area contributed by atoms with E-state index in [0.717, 1.165) is 22.8 Å². The summed E-state index contributed by atoms with van der Waals surface area (Å²) >= 11 is 0. The molecule has 0 radical (unpaired) electrons. The molecule has 0 unspecified atom stereocenters. The molecule has 0 fully saturated rings. The fourth-order valence-corrected chi connectivity index (χ4v) is 1.97. The lowest BCUT2D eigenvalue weighted by molar-refractivity contribution is -0.137. The molecule has 0 spiro atoms. The van der Waals surface area contributed by atoms with E-state index in [1.54, 1.807) is 14.1 Å². The molecule has 1 aromatic heterocycles. The first-order valence-electron chi connectivity index (χ1n) is 6.18. The van der Waals surface area contributed by atoms with Crippen molar-refractivity contribution in [3.63, 3.8) is 0 Å². The molecule has 0 N–H and O–H groups in total. The summed E-state index contributed by atoms with van der Waals surface area (Å²) in [4.78, 5) is 29.4. The Morgan fingerprint density at radius 1 is 1.18 bits per heavy atom. The van der Waals surface area contributed by atoms with Gasteiger partial charge in [0.15, 0.2) is 0 Å². The van der Waals surface area contributed by atoms with E-state index in [1.807, 2.05) is 0 Å². The van der Waals surface area contributed by atoms with Crippen LogP contribution in [-0.4, -0.2) is 28.2 Å². The van der Waals surface area contributed by atoms with E-state index in [1.165, 1.54) is 18.0 Å². The second-order valence-corrected chi connectivity index (χ2v) is 4.81. The van der Waals surface area contributed by atoms with Crippen LogP contribution < -0.4 is 16.3 Å². The summed E-state index contributed by atoms with van der Waals surface area (Å²) in [6.07, 6.45) is -4.57. The standard InChI is InChI=1S/C13H13F3N4O2/c1-18(2)10-17-11(21)20(12(22)19(10)3)9-6-4-5-8(7-9)13(14,15)16/h4-7H,1-3H3. The highest BCUT2D eigenvalue weighted by atomic mass is 19.4. The molecule has 6 nitrogen and oxygen atoms in total. The summed E-state index contributed by atoms with van der Waals surface area (Å²) in [5.41, 5.74) is -2.84. The molecule has 0 saturated heterocycles. The zero-order valence-electron chi connectivity index (χ0n) is 12.0. The Labute approximate surface area is 123 Å². The molecule has 118 valence electrons. The van der Waals surface area contributed by atoms with E-state index < -0.39 is 23.1 Å². The highest BCUT2D eigenvalue weighted by Gasteiger charge is 2.30. The van der Waals surface area contributed by atoms with Crippen molar-refractivity contribution in [1.82, 2.24) is 14.1 Å². The van der Waals surface area contributed by atoms with Crippen LogP contribution in [0, 0.1) is 0 Å². The third-order valence-electron chi connectivity index (χ3n) is 3.00. The summed E-state index contributed by atoms with van der Waals surface area (Å²) in [7, 11) is 4.57. The van der Waals surface area contributed by atoms with Crippen LogP contribution in [-0.2, 0) is 13.2 Å². The van der Waals surface area contributed by atoms with E-state index in [2.05, 4.69) is 4.98 Å². The molecule has 2 rings (SSSR count). The molecule has 0 aliphatic carbocycles. The minimum Gasteiger partial charge on any atom is -0.348 e. The predicted octanol–water partition coefficient (Wildman–Crippen LogP) is 1.02. The van der Waals surface area contributed by atoms with Crippen LogP contribution in [0.5, 0.6) is 0 Å². The van der Waals surface area contributed by atoms with E-state index in [4.69, 9.17) is 0 Å². The summed E-state index contributed by atoms with van der Waals surface area (Å²) < 4.78 is 39.9. The zero-order chi connectivity index (χ0) is 16.7. The first kappa shape index (κ1) is 15.8. The summed E-state index contributed by atoms with van der Waals surface area (Å²) in [6, 6.07) is 3.97. The van der Waals surface area contributed by atoms with Gasteiger partial charge in [-0.15, -0.1) is 0 Å². The largest absolute Gasteiger partial charge is 0.416 e. The van der Waals surface area contributed by atoms with Gasteiger partial charge in [-0.3, -0.25) is 4.57 Å². The Hall–Kier alpha value is -2.58. The first-order chi connectivity index (χ1) is 10.1. The minimum absolute atomic E-state index is 0.109. The van der Waals surface area contributed by atoms with Crippen LogP contribution in [0.25, 0.3) is 5.69 Å².